The Kier molecular flexibility index (Phi) is 17.8. The maximum Gasteiger partial charge on any atom is 0.182 e. The molecule has 13 rings (SSSR count). The number of anilines is 3. The number of hydrogen-bond donors (Lipinski definition) is 5. The van der Waals surface area contributed by atoms with Gasteiger partial charge >= 0.3 is 0 Å². The molecule has 13 aromatic rings. The molecular weight excluding hydrogens is 1140 g/mol. The topological polar surface area (TPSA) is 323 Å². The fraction of sp³-hybridized carbons (Fsp3) is 0.0492. The van der Waals surface area contributed by atoms with E-state index in [0.29, 0.717) is 85.3 Å². The number of rotatable bonds is 15. The number of nitrogens with two attached hydrogens (primary N) is 4. The van der Waals surface area contributed by atoms with E-state index in [-0.39, 0.29) is 72.7 Å². The highest BCUT2D eigenvalue weighted by Crippen LogP contribution is 2.30. The second kappa shape index (κ2) is 26.6. The van der Waals surface area contributed by atoms with Crippen molar-refractivity contribution in [2.45, 2.75) is 19.6 Å². The molecular formula is C61H49ClF3N19O3. The van der Waals surface area contributed by atoms with E-state index >= 15 is 0 Å². The molecule has 8 aromatic heterocycles. The maximum atomic E-state index is 14.4. The van der Waals surface area contributed by atoms with Crippen molar-refractivity contribution >= 4 is 47.0 Å². The van der Waals surface area contributed by atoms with Gasteiger partial charge in [0.1, 0.15) is 81.9 Å². The Labute approximate surface area is 498 Å². The second-order valence-electron chi connectivity index (χ2n) is 18.8. The number of aromatic nitrogens is 13. The summed E-state index contributed by atoms with van der Waals surface area (Å²) in [5, 5.41) is 32.6. The van der Waals surface area contributed by atoms with Gasteiger partial charge in [-0.15, -0.1) is 12.4 Å². The SMILES string of the molecule is Cl.N=C(N)c1cc(-c2ccon2)n(Cc2ccccc2F)n1.Nc1cnc(-c2cc(-c3ccon3)n(Cc3ccccc3F)n2)nc1N.Nc1nc(-c2cc(-c3ccon3)n(Cc3ccccc3F)n2)ncc1N=C(c1ccccc1)c1ccccc1. The number of hydrogen-bond acceptors (Lipinski definition) is 18. The zero-order valence-electron chi connectivity index (χ0n) is 45.5. The van der Waals surface area contributed by atoms with Gasteiger partial charge < -0.3 is 36.5 Å². The van der Waals surface area contributed by atoms with Crippen LogP contribution in [0.4, 0.5) is 36.2 Å². The predicted molar refractivity (Wildman–Crippen MR) is 321 cm³/mol. The third-order valence-electron chi connectivity index (χ3n) is 13.0. The fourth-order valence-electron chi connectivity index (χ4n) is 8.71. The molecule has 0 unspecified atom stereocenters. The van der Waals surface area contributed by atoms with Crippen molar-refractivity contribution in [3.8, 4) is 57.2 Å². The number of aliphatic imine (C=N–C) groups is 1. The van der Waals surface area contributed by atoms with E-state index in [9.17, 15) is 13.2 Å². The molecule has 9 N–H and O–H groups in total. The van der Waals surface area contributed by atoms with Crippen molar-refractivity contribution in [1.82, 2.24) is 64.7 Å². The van der Waals surface area contributed by atoms with Crippen molar-refractivity contribution < 1.29 is 26.7 Å². The van der Waals surface area contributed by atoms with Gasteiger partial charge in [-0.3, -0.25) is 19.5 Å². The molecule has 0 atom stereocenters. The molecule has 0 fully saturated rings. The summed E-state index contributed by atoms with van der Waals surface area (Å²) in [4.78, 5) is 22.2. The smallest absolute Gasteiger partial charge is 0.182 e. The first kappa shape index (κ1) is 58.3. The van der Waals surface area contributed by atoms with Crippen LogP contribution in [0.5, 0.6) is 0 Å². The Morgan fingerprint density at radius 1 is 0.471 bits per heavy atom. The fourth-order valence-corrected chi connectivity index (χ4v) is 8.71. The van der Waals surface area contributed by atoms with Gasteiger partial charge in [0.05, 0.1) is 60.5 Å². The van der Waals surface area contributed by atoms with Gasteiger partial charge in [0, 0.05) is 46.0 Å². The van der Waals surface area contributed by atoms with Crippen molar-refractivity contribution in [2.24, 2.45) is 10.7 Å². The van der Waals surface area contributed by atoms with Crippen molar-refractivity contribution in [1.29, 1.82) is 5.41 Å². The molecule has 87 heavy (non-hydrogen) atoms. The first-order valence-corrected chi connectivity index (χ1v) is 26.1. The molecule has 0 radical (unpaired) electrons. The van der Waals surface area contributed by atoms with E-state index in [2.05, 4.69) is 50.7 Å². The quantitative estimate of drug-likeness (QED) is 0.0470. The number of nitrogens with zero attached hydrogens (tertiary/aromatic N) is 14. The third kappa shape index (κ3) is 13.6. The normalized spacial score (nSPS) is 10.7. The molecule has 434 valence electrons. The summed E-state index contributed by atoms with van der Waals surface area (Å²) in [6.07, 6.45) is 7.35. The lowest BCUT2D eigenvalue weighted by atomic mass is 10.0. The molecule has 0 saturated carbocycles. The Morgan fingerprint density at radius 2 is 0.862 bits per heavy atom. The van der Waals surface area contributed by atoms with E-state index < -0.39 is 0 Å². The van der Waals surface area contributed by atoms with Crippen LogP contribution in [-0.4, -0.2) is 76.3 Å². The number of benzene rings is 5. The first-order chi connectivity index (χ1) is 41.9. The lowest BCUT2D eigenvalue weighted by molar-refractivity contribution is 0.421. The van der Waals surface area contributed by atoms with Crippen LogP contribution >= 0.6 is 12.4 Å². The lowest BCUT2D eigenvalue weighted by Crippen LogP contribution is -2.13. The highest BCUT2D eigenvalue weighted by molar-refractivity contribution is 6.14. The van der Waals surface area contributed by atoms with E-state index in [1.807, 2.05) is 60.7 Å². The second-order valence-corrected chi connectivity index (χ2v) is 18.8. The number of amidine groups is 1. The Bertz CT molecular complexity index is 4420. The molecule has 0 aliphatic carbocycles. The van der Waals surface area contributed by atoms with Gasteiger partial charge in [-0.2, -0.15) is 15.3 Å². The van der Waals surface area contributed by atoms with Gasteiger partial charge in [-0.1, -0.05) is 131 Å². The van der Waals surface area contributed by atoms with Crippen LogP contribution in [0.3, 0.4) is 0 Å². The summed E-state index contributed by atoms with van der Waals surface area (Å²) in [5.74, 6) is -0.119. The summed E-state index contributed by atoms with van der Waals surface area (Å²) in [5.41, 5.74) is 32.8. The molecule has 26 heteroatoms. The van der Waals surface area contributed by atoms with Crippen LogP contribution in [0.15, 0.2) is 220 Å². The summed E-state index contributed by atoms with van der Waals surface area (Å²) in [6.45, 7) is 0.603. The van der Waals surface area contributed by atoms with Gasteiger partial charge in [0.25, 0.3) is 0 Å². The Hall–Kier alpha value is -11.9. The average molecular weight is 1190 g/mol. The van der Waals surface area contributed by atoms with E-state index in [4.69, 9.17) is 46.9 Å². The molecule has 0 spiro atoms. The van der Waals surface area contributed by atoms with Crippen molar-refractivity contribution in [2.75, 3.05) is 17.2 Å². The van der Waals surface area contributed by atoms with E-state index in [1.165, 1.54) is 43.2 Å². The monoisotopic (exact) mass is 1190 g/mol. The zero-order chi connectivity index (χ0) is 59.5. The van der Waals surface area contributed by atoms with Crippen LogP contribution in [-0.2, 0) is 19.6 Å². The Morgan fingerprint density at radius 3 is 1.25 bits per heavy atom. The minimum atomic E-state index is -0.323. The minimum Gasteiger partial charge on any atom is -0.394 e. The van der Waals surface area contributed by atoms with Crippen LogP contribution in [0.25, 0.3) is 57.2 Å². The molecule has 0 amide bonds. The number of nitrogens with one attached hydrogen (secondary N) is 1. The standard InChI is InChI=1S/C30H22FN7O.C17H14FN7O.C14H12FN5O.ClH/c31-23-14-8-7-13-22(23)19-38-27(24-15-16-39-37-24)17-25(36-38)30-33-18-26(29(32)35-30)34-28(20-9-3-1-4-10-20)21-11-5-2-6-12-21;18-11-4-2-1-3-10(11)9-25-15(13-5-6-26-24-13)7-14(23-25)17-21-8-12(19)16(20)22-17;15-10-4-2-1-3-9(10)8-20-13(11-5-6-21-19-11)7-12(18-20)14(16)17;/h1-18H,19H2,(H2,32,33,35);1-8H,9,19H2,(H2,20,21,22);1-7H,8H2,(H3,16,17);1H. The largest absolute Gasteiger partial charge is 0.394 e. The van der Waals surface area contributed by atoms with Crippen LogP contribution in [0.2, 0.25) is 0 Å². The third-order valence-corrected chi connectivity index (χ3v) is 13.0. The van der Waals surface area contributed by atoms with E-state index in [1.54, 1.807) is 111 Å². The van der Waals surface area contributed by atoms with Crippen molar-refractivity contribution in [3.05, 3.63) is 252 Å². The maximum absolute atomic E-state index is 14.4. The predicted octanol–water partition coefficient (Wildman–Crippen LogP) is 10.7. The highest BCUT2D eigenvalue weighted by Gasteiger charge is 2.21. The van der Waals surface area contributed by atoms with Gasteiger partial charge in [-0.25, -0.2) is 38.1 Å². The molecule has 0 aliphatic rings. The van der Waals surface area contributed by atoms with E-state index in [0.717, 1.165) is 16.8 Å². The Balaban J connectivity index is 0.000000152. The minimum absolute atomic E-state index is 0. The molecule has 22 nitrogen and oxygen atoms in total. The summed E-state index contributed by atoms with van der Waals surface area (Å²) < 4.78 is 61.8. The van der Waals surface area contributed by atoms with Crippen molar-refractivity contribution in [3.63, 3.8) is 0 Å². The number of nitrogen functional groups attached to an aromatic ring is 4. The van der Waals surface area contributed by atoms with Crippen LogP contribution in [0, 0.1) is 22.9 Å². The summed E-state index contributed by atoms with van der Waals surface area (Å²) in [7, 11) is 0. The molecule has 0 bridgehead atoms. The summed E-state index contributed by atoms with van der Waals surface area (Å²) >= 11 is 0. The zero-order valence-corrected chi connectivity index (χ0v) is 46.3. The van der Waals surface area contributed by atoms with Gasteiger partial charge in [0.2, 0.25) is 0 Å². The molecule has 0 saturated heterocycles. The first-order valence-electron chi connectivity index (χ1n) is 26.1. The molecule has 5 aromatic carbocycles. The van der Waals surface area contributed by atoms with Crippen LogP contribution < -0.4 is 22.9 Å². The number of halogens is 4. The van der Waals surface area contributed by atoms with Gasteiger partial charge in [-0.05, 0) is 36.4 Å². The lowest BCUT2D eigenvalue weighted by Gasteiger charge is -2.09. The highest BCUT2D eigenvalue weighted by atomic mass is 35.5. The van der Waals surface area contributed by atoms with Crippen LogP contribution in [0.1, 0.15) is 33.5 Å². The van der Waals surface area contributed by atoms with Gasteiger partial charge in [0.15, 0.2) is 23.3 Å². The average Bonchev–Trinajstić information content (AvgIpc) is 2.38. The summed E-state index contributed by atoms with van der Waals surface area (Å²) in [6, 6.07) is 49.4. The molecule has 0 aliphatic heterocycles. The molecule has 8 heterocycles.